The number of rotatable bonds is 3. The molecular formula is C15H16O8. The van der Waals surface area contributed by atoms with Crippen LogP contribution < -0.4 is 0 Å². The average molecular weight is 324 g/mol. The smallest absolute Gasteiger partial charge is 0.195 e. The number of ketones is 1. The molecule has 124 valence electrons. The van der Waals surface area contributed by atoms with E-state index in [-0.39, 0.29) is 35.2 Å². The third-order valence-electron chi connectivity index (χ3n) is 2.52. The van der Waals surface area contributed by atoms with Crippen LogP contribution in [0.15, 0.2) is 30.3 Å². The number of hydrogen-bond acceptors (Lipinski definition) is 8. The zero-order chi connectivity index (χ0) is 17.6. The normalized spacial score (nSPS) is 9.78. The minimum atomic E-state index is -0.553. The van der Waals surface area contributed by atoms with Crippen LogP contribution in [-0.2, 0) is 4.74 Å². The van der Waals surface area contributed by atoms with Gasteiger partial charge in [0.05, 0.1) is 0 Å². The average Bonchev–Trinajstić information content (AvgIpc) is 2.36. The van der Waals surface area contributed by atoms with Crippen LogP contribution in [-0.4, -0.2) is 50.1 Å². The monoisotopic (exact) mass is 324 g/mol. The van der Waals surface area contributed by atoms with Crippen molar-refractivity contribution in [3.63, 3.8) is 0 Å². The molecule has 0 unspecified atom stereocenters. The van der Waals surface area contributed by atoms with Crippen LogP contribution in [0.5, 0.6) is 34.5 Å². The van der Waals surface area contributed by atoms with Crippen LogP contribution in [0.3, 0.4) is 0 Å². The molecular weight excluding hydrogens is 308 g/mol. The fourth-order valence-electron chi connectivity index (χ4n) is 1.67. The fourth-order valence-corrected chi connectivity index (χ4v) is 1.67. The zero-order valence-corrected chi connectivity index (χ0v) is 12.1. The molecule has 0 aliphatic carbocycles. The lowest BCUT2D eigenvalue weighted by Gasteiger charge is -2.06. The molecule has 0 aliphatic rings. The Morgan fingerprint density at radius 1 is 0.783 bits per heavy atom. The van der Waals surface area contributed by atoms with E-state index >= 15 is 0 Å². The molecule has 0 radical (unpaired) electrons. The zero-order valence-electron chi connectivity index (χ0n) is 12.1. The first-order valence-electron chi connectivity index (χ1n) is 6.23. The number of carbonyl (C=O) groups is 1. The molecule has 0 bridgehead atoms. The highest BCUT2D eigenvalue weighted by Crippen LogP contribution is 2.32. The van der Waals surface area contributed by atoms with E-state index in [0.717, 1.165) is 30.3 Å². The quantitative estimate of drug-likeness (QED) is 0.465. The lowest BCUT2D eigenvalue weighted by molar-refractivity contribution is 0.0842. The molecule has 0 amide bonds. The lowest BCUT2D eigenvalue weighted by atomic mass is 10.1. The molecule has 0 fully saturated rings. The Bertz CT molecular complexity index is 622. The summed E-state index contributed by atoms with van der Waals surface area (Å²) in [4.78, 5) is 11.3. The topological polar surface area (TPSA) is 148 Å². The SMILES string of the molecule is COCC(=O)c1c(O)cc(O)cc1O.Oc1cc(O)cc(O)c1. The second-order valence-electron chi connectivity index (χ2n) is 4.42. The van der Waals surface area contributed by atoms with Crippen molar-refractivity contribution in [3.05, 3.63) is 35.9 Å². The summed E-state index contributed by atoms with van der Waals surface area (Å²) in [6.45, 7) is -0.244. The van der Waals surface area contributed by atoms with Gasteiger partial charge in [0.2, 0.25) is 0 Å². The molecule has 0 saturated heterocycles. The van der Waals surface area contributed by atoms with E-state index in [9.17, 15) is 15.0 Å². The van der Waals surface area contributed by atoms with E-state index in [1.54, 1.807) is 0 Å². The molecule has 23 heavy (non-hydrogen) atoms. The van der Waals surface area contributed by atoms with Gasteiger partial charge in [-0.1, -0.05) is 0 Å². The van der Waals surface area contributed by atoms with Crippen LogP contribution in [0.2, 0.25) is 0 Å². The van der Waals surface area contributed by atoms with E-state index in [0.29, 0.717) is 0 Å². The fraction of sp³-hybridized carbons (Fsp3) is 0.133. The molecule has 0 atom stereocenters. The highest BCUT2D eigenvalue weighted by Gasteiger charge is 2.17. The van der Waals surface area contributed by atoms with Gasteiger partial charge in [-0.05, 0) is 0 Å². The number of Topliss-reactive ketones (excluding diaryl/α,β-unsaturated/α-hetero) is 1. The summed E-state index contributed by atoms with van der Waals surface area (Å²) in [6, 6.07) is 5.37. The Kier molecular flexibility index (Phi) is 6.04. The number of phenols is 6. The maximum atomic E-state index is 11.3. The summed E-state index contributed by atoms with van der Waals surface area (Å²) in [7, 11) is 1.33. The Labute approximate surface area is 131 Å². The second-order valence-corrected chi connectivity index (χ2v) is 4.42. The van der Waals surface area contributed by atoms with E-state index < -0.39 is 17.3 Å². The number of methoxy groups -OCH3 is 1. The minimum Gasteiger partial charge on any atom is -0.508 e. The highest BCUT2D eigenvalue weighted by molar-refractivity contribution is 6.02. The highest BCUT2D eigenvalue weighted by atomic mass is 16.5. The van der Waals surface area contributed by atoms with Gasteiger partial charge in [0.25, 0.3) is 0 Å². The van der Waals surface area contributed by atoms with Gasteiger partial charge >= 0.3 is 0 Å². The first kappa shape index (κ1) is 17.9. The minimum absolute atomic E-state index is 0.146. The third-order valence-corrected chi connectivity index (χ3v) is 2.52. The summed E-state index contributed by atoms with van der Waals surface area (Å²) in [5, 5.41) is 53.5. The predicted octanol–water partition coefficient (Wildman–Crippen LogP) is 1.44. The Hall–Kier alpha value is -3.13. The largest absolute Gasteiger partial charge is 0.508 e. The van der Waals surface area contributed by atoms with Gasteiger partial charge in [-0.25, -0.2) is 0 Å². The van der Waals surface area contributed by atoms with E-state index in [2.05, 4.69) is 4.74 Å². The van der Waals surface area contributed by atoms with Crippen molar-refractivity contribution in [3.8, 4) is 34.5 Å². The van der Waals surface area contributed by atoms with Crippen molar-refractivity contribution in [2.75, 3.05) is 13.7 Å². The molecule has 0 aromatic heterocycles. The molecule has 2 aromatic rings. The maximum absolute atomic E-state index is 11.3. The number of ether oxygens (including phenoxy) is 1. The number of benzene rings is 2. The third kappa shape index (κ3) is 5.29. The molecule has 2 aromatic carbocycles. The molecule has 0 aliphatic heterocycles. The maximum Gasteiger partial charge on any atom is 0.195 e. The molecule has 0 spiro atoms. The van der Waals surface area contributed by atoms with Gasteiger partial charge in [0.15, 0.2) is 5.78 Å². The molecule has 6 N–H and O–H groups in total. The van der Waals surface area contributed by atoms with Gasteiger partial charge in [-0.2, -0.15) is 0 Å². The summed E-state index contributed by atoms with van der Waals surface area (Å²) < 4.78 is 4.56. The number of aromatic hydroxyl groups is 6. The van der Waals surface area contributed by atoms with Crippen molar-refractivity contribution in [2.45, 2.75) is 0 Å². The van der Waals surface area contributed by atoms with E-state index in [4.69, 9.17) is 20.4 Å². The summed E-state index contributed by atoms with van der Waals surface area (Å²) in [6.07, 6.45) is 0. The Morgan fingerprint density at radius 2 is 1.13 bits per heavy atom. The lowest BCUT2D eigenvalue weighted by Crippen LogP contribution is -2.07. The predicted molar refractivity (Wildman–Crippen MR) is 79.1 cm³/mol. The van der Waals surface area contributed by atoms with Crippen LogP contribution in [0.25, 0.3) is 0 Å². The van der Waals surface area contributed by atoms with Crippen molar-refractivity contribution >= 4 is 5.78 Å². The first-order chi connectivity index (χ1) is 10.7. The standard InChI is InChI=1S/C9H10O5.C6H6O3/c1-14-4-8(13)9-6(11)2-5(10)3-7(9)12;7-4-1-5(8)3-6(9)2-4/h2-3,10-12H,4H2,1H3;1-3,7-9H. The molecule has 0 heterocycles. The molecule has 2 rings (SSSR count). The summed E-state index contributed by atoms with van der Waals surface area (Å²) in [5.41, 5.74) is -0.246. The van der Waals surface area contributed by atoms with Crippen LogP contribution in [0.4, 0.5) is 0 Å². The van der Waals surface area contributed by atoms with Crippen molar-refractivity contribution in [1.29, 1.82) is 0 Å². The van der Waals surface area contributed by atoms with Crippen LogP contribution >= 0.6 is 0 Å². The van der Waals surface area contributed by atoms with Crippen LogP contribution in [0, 0.1) is 0 Å². The van der Waals surface area contributed by atoms with E-state index in [1.807, 2.05) is 0 Å². The number of carbonyl (C=O) groups excluding carboxylic acids is 1. The summed E-state index contributed by atoms with van der Waals surface area (Å²) >= 11 is 0. The summed E-state index contributed by atoms with van der Waals surface area (Å²) in [5.74, 6) is -2.24. The van der Waals surface area contributed by atoms with Gasteiger partial charge in [0, 0.05) is 37.4 Å². The van der Waals surface area contributed by atoms with Crippen LogP contribution in [0.1, 0.15) is 10.4 Å². The van der Waals surface area contributed by atoms with Crippen molar-refractivity contribution in [1.82, 2.24) is 0 Å². The molecule has 8 heteroatoms. The van der Waals surface area contributed by atoms with Crippen molar-refractivity contribution in [2.24, 2.45) is 0 Å². The van der Waals surface area contributed by atoms with Gasteiger partial charge < -0.3 is 35.4 Å². The number of phenolic OH excluding ortho intramolecular Hbond substituents is 6. The van der Waals surface area contributed by atoms with Gasteiger partial charge in [-0.3, -0.25) is 4.79 Å². The number of hydrogen-bond donors (Lipinski definition) is 6. The van der Waals surface area contributed by atoms with Gasteiger partial charge in [-0.15, -0.1) is 0 Å². The van der Waals surface area contributed by atoms with E-state index in [1.165, 1.54) is 7.11 Å². The Morgan fingerprint density at radius 3 is 1.48 bits per heavy atom. The first-order valence-corrected chi connectivity index (χ1v) is 6.23. The molecule has 0 saturated carbocycles. The Balaban J connectivity index is 0.000000253. The van der Waals surface area contributed by atoms with Crippen molar-refractivity contribution < 1.29 is 40.2 Å². The molecule has 8 nitrogen and oxygen atoms in total. The second kappa shape index (κ2) is 7.76. The van der Waals surface area contributed by atoms with Gasteiger partial charge in [0.1, 0.15) is 46.7 Å².